The number of hydrogen-bond donors (Lipinski definition) is 1. The number of carbonyl (C=O) groups is 1. The summed E-state index contributed by atoms with van der Waals surface area (Å²) in [6, 6.07) is 9.24. The highest BCUT2D eigenvalue weighted by atomic mass is 32.2. The fraction of sp³-hybridized carbons (Fsp3) is 0.448. The molecule has 11 heteroatoms. The van der Waals surface area contributed by atoms with Crippen molar-refractivity contribution < 1.29 is 18.3 Å². The standard InChI is InChI=1S/C29H35N5O4S2/c1-7-34-23-11-10-21(18(3)27(23)31-32-34)26(29(5,6)28(35)36)24-14-20(19(4)39-24)16-33-15-17(2)13-22-25(40(33,37)38)9-8-12-30-22/h8-12,14,17,26H,7,13,15-16H2,1-6H3,(H,35,36)/t17-,26+/m0/s1. The van der Waals surface area contributed by atoms with E-state index in [2.05, 4.69) is 15.3 Å². The van der Waals surface area contributed by atoms with E-state index in [1.165, 1.54) is 11.3 Å². The molecule has 5 rings (SSSR count). The molecule has 212 valence electrons. The Labute approximate surface area is 238 Å². The van der Waals surface area contributed by atoms with Gasteiger partial charge in [-0.1, -0.05) is 18.2 Å². The predicted molar refractivity (Wildman–Crippen MR) is 155 cm³/mol. The number of sulfonamides is 1. The van der Waals surface area contributed by atoms with E-state index in [0.29, 0.717) is 25.2 Å². The van der Waals surface area contributed by atoms with Crippen LogP contribution in [0.5, 0.6) is 0 Å². The number of fused-ring (bicyclic) bond motifs is 2. The number of aliphatic carboxylic acids is 1. The summed E-state index contributed by atoms with van der Waals surface area (Å²) < 4.78 is 30.7. The van der Waals surface area contributed by atoms with E-state index in [0.717, 1.165) is 37.5 Å². The van der Waals surface area contributed by atoms with Crippen molar-refractivity contribution >= 4 is 38.4 Å². The number of hydrogen-bond acceptors (Lipinski definition) is 7. The summed E-state index contributed by atoms with van der Waals surface area (Å²) in [7, 11) is -3.74. The molecule has 1 aliphatic heterocycles. The zero-order chi connectivity index (χ0) is 29.0. The Morgan fingerprint density at radius 1 is 1.25 bits per heavy atom. The number of thiophene rings is 1. The summed E-state index contributed by atoms with van der Waals surface area (Å²) in [5.41, 5.74) is 3.80. The Bertz CT molecular complexity index is 1710. The van der Waals surface area contributed by atoms with Gasteiger partial charge < -0.3 is 5.11 Å². The van der Waals surface area contributed by atoms with Crippen LogP contribution < -0.4 is 0 Å². The first kappa shape index (κ1) is 28.4. The molecular formula is C29H35N5O4S2. The highest BCUT2D eigenvalue weighted by Gasteiger charge is 2.41. The monoisotopic (exact) mass is 581 g/mol. The highest BCUT2D eigenvalue weighted by Crippen LogP contribution is 2.47. The second-order valence-corrected chi connectivity index (χ2v) is 14.5. The van der Waals surface area contributed by atoms with E-state index in [-0.39, 0.29) is 17.4 Å². The van der Waals surface area contributed by atoms with Gasteiger partial charge in [0.1, 0.15) is 10.4 Å². The Hall–Kier alpha value is -3.15. The van der Waals surface area contributed by atoms with Crippen LogP contribution in [0, 0.1) is 25.2 Å². The SMILES string of the molecule is CCn1nnc2c(C)c([C@H](c3cc(CN4C[C@@H](C)Cc5ncccc5S4(=O)=O)c(C)s3)C(C)(C)C(=O)O)ccc21. The number of aryl methyl sites for hydroxylation is 3. The van der Waals surface area contributed by atoms with Crippen LogP contribution in [0.4, 0.5) is 0 Å². The van der Waals surface area contributed by atoms with Gasteiger partial charge in [-0.15, -0.1) is 16.4 Å². The van der Waals surface area contributed by atoms with Gasteiger partial charge in [0.25, 0.3) is 0 Å². The maximum atomic E-state index is 13.7. The molecule has 40 heavy (non-hydrogen) atoms. The molecule has 1 aromatic carbocycles. The maximum absolute atomic E-state index is 13.7. The van der Waals surface area contributed by atoms with Gasteiger partial charge in [0.05, 0.1) is 16.6 Å². The largest absolute Gasteiger partial charge is 0.481 e. The molecule has 0 amide bonds. The predicted octanol–water partition coefficient (Wildman–Crippen LogP) is 5.15. The first-order valence-corrected chi connectivity index (χ1v) is 15.7. The molecule has 0 radical (unpaired) electrons. The number of benzene rings is 1. The van der Waals surface area contributed by atoms with E-state index in [4.69, 9.17) is 0 Å². The Kier molecular flexibility index (Phi) is 7.35. The van der Waals surface area contributed by atoms with Crippen LogP contribution in [0.2, 0.25) is 0 Å². The highest BCUT2D eigenvalue weighted by molar-refractivity contribution is 7.89. The molecule has 1 aliphatic rings. The normalized spacial score (nSPS) is 18.4. The summed E-state index contributed by atoms with van der Waals surface area (Å²) >= 11 is 1.53. The third-order valence-electron chi connectivity index (χ3n) is 8.06. The Balaban J connectivity index is 1.59. The number of nitrogens with zero attached hydrogens (tertiary/aromatic N) is 5. The third-order valence-corrected chi connectivity index (χ3v) is 11.1. The van der Waals surface area contributed by atoms with E-state index < -0.39 is 27.3 Å². The van der Waals surface area contributed by atoms with Gasteiger partial charge >= 0.3 is 5.97 Å². The van der Waals surface area contributed by atoms with Crippen LogP contribution in [0.15, 0.2) is 41.4 Å². The molecule has 0 bridgehead atoms. The van der Waals surface area contributed by atoms with Crippen molar-refractivity contribution in [3.8, 4) is 0 Å². The molecular weight excluding hydrogens is 546 g/mol. The van der Waals surface area contributed by atoms with Gasteiger partial charge in [-0.05, 0) is 87.9 Å². The summed E-state index contributed by atoms with van der Waals surface area (Å²) in [6.07, 6.45) is 2.23. The van der Waals surface area contributed by atoms with Crippen molar-refractivity contribution in [2.24, 2.45) is 11.3 Å². The van der Waals surface area contributed by atoms with Crippen molar-refractivity contribution in [2.75, 3.05) is 6.54 Å². The number of pyridine rings is 1. The zero-order valence-electron chi connectivity index (χ0n) is 23.7. The molecule has 0 unspecified atom stereocenters. The minimum atomic E-state index is -3.74. The quantitative estimate of drug-likeness (QED) is 0.321. The Morgan fingerprint density at radius 2 is 2.00 bits per heavy atom. The maximum Gasteiger partial charge on any atom is 0.310 e. The summed E-state index contributed by atoms with van der Waals surface area (Å²) in [6.45, 7) is 12.8. The first-order valence-electron chi connectivity index (χ1n) is 13.5. The van der Waals surface area contributed by atoms with E-state index >= 15 is 0 Å². The lowest BCUT2D eigenvalue weighted by Crippen LogP contribution is -2.33. The second-order valence-electron chi connectivity index (χ2n) is 11.3. The molecule has 0 saturated carbocycles. The molecule has 0 fully saturated rings. The third kappa shape index (κ3) is 4.73. The van der Waals surface area contributed by atoms with Gasteiger partial charge in [-0.3, -0.25) is 9.78 Å². The van der Waals surface area contributed by atoms with Gasteiger partial charge in [0, 0.05) is 41.5 Å². The average Bonchev–Trinajstić information content (AvgIpc) is 3.46. The van der Waals surface area contributed by atoms with Crippen LogP contribution in [0.1, 0.15) is 65.8 Å². The lowest BCUT2D eigenvalue weighted by molar-refractivity contribution is -0.147. The van der Waals surface area contributed by atoms with Crippen molar-refractivity contribution in [3.63, 3.8) is 0 Å². The first-order chi connectivity index (χ1) is 18.9. The van der Waals surface area contributed by atoms with Crippen molar-refractivity contribution in [1.29, 1.82) is 0 Å². The second kappa shape index (κ2) is 10.4. The van der Waals surface area contributed by atoms with Gasteiger partial charge in [-0.2, -0.15) is 4.31 Å². The smallest absolute Gasteiger partial charge is 0.310 e. The molecule has 4 aromatic rings. The minimum Gasteiger partial charge on any atom is -0.481 e. The molecule has 1 N–H and O–H groups in total. The number of carboxylic acid groups (broad SMARTS) is 1. The molecule has 0 saturated heterocycles. The zero-order valence-corrected chi connectivity index (χ0v) is 25.3. The number of carboxylic acids is 1. The van der Waals surface area contributed by atoms with Crippen LogP contribution in [-0.2, 0) is 34.3 Å². The fourth-order valence-electron chi connectivity index (χ4n) is 5.73. The lowest BCUT2D eigenvalue weighted by Gasteiger charge is -2.31. The molecule has 3 aromatic heterocycles. The summed E-state index contributed by atoms with van der Waals surface area (Å²) in [5.74, 6) is -1.27. The number of aromatic nitrogens is 4. The van der Waals surface area contributed by atoms with Gasteiger partial charge in [0.15, 0.2) is 0 Å². The topological polar surface area (TPSA) is 118 Å². The lowest BCUT2D eigenvalue weighted by atomic mass is 9.72. The molecule has 4 heterocycles. The van der Waals surface area contributed by atoms with E-state index in [1.54, 1.807) is 36.5 Å². The average molecular weight is 582 g/mol. The number of rotatable bonds is 7. The van der Waals surface area contributed by atoms with Crippen molar-refractivity contribution in [3.05, 3.63) is 68.7 Å². The molecule has 2 atom stereocenters. The Morgan fingerprint density at radius 3 is 2.70 bits per heavy atom. The summed E-state index contributed by atoms with van der Waals surface area (Å²) in [5, 5.41) is 19.0. The molecule has 0 aliphatic carbocycles. The van der Waals surface area contributed by atoms with Crippen LogP contribution in [-0.4, -0.2) is 50.3 Å². The molecule has 0 spiro atoms. The fourth-order valence-corrected chi connectivity index (χ4v) is 8.80. The van der Waals surface area contributed by atoms with Crippen molar-refractivity contribution in [2.45, 2.75) is 71.9 Å². The van der Waals surface area contributed by atoms with Gasteiger partial charge in [-0.25, -0.2) is 13.1 Å². The molecule has 9 nitrogen and oxygen atoms in total. The van der Waals surface area contributed by atoms with Crippen molar-refractivity contribution in [1.82, 2.24) is 24.3 Å². The van der Waals surface area contributed by atoms with Crippen LogP contribution in [0.3, 0.4) is 0 Å². The van der Waals surface area contributed by atoms with E-state index in [9.17, 15) is 18.3 Å². The van der Waals surface area contributed by atoms with Crippen LogP contribution in [0.25, 0.3) is 11.0 Å². The minimum absolute atomic E-state index is 0.106. The van der Waals surface area contributed by atoms with E-state index in [1.807, 2.05) is 50.6 Å². The summed E-state index contributed by atoms with van der Waals surface area (Å²) in [4.78, 5) is 19.1. The van der Waals surface area contributed by atoms with Crippen LogP contribution >= 0.6 is 11.3 Å². The van der Waals surface area contributed by atoms with Gasteiger partial charge in [0.2, 0.25) is 10.0 Å².